The molecule has 4 atom stereocenters. The minimum absolute atomic E-state index is 1.07. The second-order valence-corrected chi connectivity index (χ2v) is 12.0. The average Bonchev–Trinajstić information content (AvgIpc) is 2.69. The Morgan fingerprint density at radius 3 is 1.08 bits per heavy atom. The van der Waals surface area contributed by atoms with Crippen molar-refractivity contribution in [1.82, 2.24) is 0 Å². The fourth-order valence-corrected chi connectivity index (χ4v) is 5.04. The Morgan fingerprint density at radius 2 is 0.895 bits per heavy atom. The molecule has 1 fully saturated rings. The third-order valence-corrected chi connectivity index (χ3v) is 7.45. The first-order chi connectivity index (χ1) is 16.7. The van der Waals surface area contributed by atoms with Gasteiger partial charge in [-0.15, -0.1) is 0 Å². The standard InChI is InChI=1S/C18H24F8O10S2/c1-7(2)35-13(27)9-5-6-10(14(28)36-8(3)4)12(16(21,22)18(25,26)38(32,33)34)11(9)15(19,20)17(23,24)37(29,30)31/h7-12H,5-6H2,1-4H3,(H,29,30,31)(H,32,33,34). The number of ether oxygens (including phenoxy) is 2. The summed E-state index contributed by atoms with van der Waals surface area (Å²) in [5.41, 5.74) is 0. The minimum atomic E-state index is -7.22. The van der Waals surface area contributed by atoms with Gasteiger partial charge in [-0.1, -0.05) is 0 Å². The summed E-state index contributed by atoms with van der Waals surface area (Å²) >= 11 is 0. The largest absolute Gasteiger partial charge is 0.463 e. The van der Waals surface area contributed by atoms with E-state index in [1.165, 1.54) is 0 Å². The minimum Gasteiger partial charge on any atom is -0.463 e. The van der Waals surface area contributed by atoms with Crippen molar-refractivity contribution in [3.63, 3.8) is 0 Å². The van der Waals surface area contributed by atoms with Crippen LogP contribution < -0.4 is 0 Å². The third-order valence-electron chi connectivity index (χ3n) is 5.61. The van der Waals surface area contributed by atoms with E-state index < -0.39 is 103 Å². The first-order valence-corrected chi connectivity index (χ1v) is 13.4. The van der Waals surface area contributed by atoms with Crippen molar-refractivity contribution in [2.24, 2.45) is 23.7 Å². The molecular weight excluding hydrogens is 592 g/mol. The Labute approximate surface area is 211 Å². The number of hydrogen-bond donors (Lipinski definition) is 2. The van der Waals surface area contributed by atoms with Crippen LogP contribution in [0.3, 0.4) is 0 Å². The number of halogens is 8. The molecule has 4 unspecified atom stereocenters. The van der Waals surface area contributed by atoms with Crippen LogP contribution in [-0.2, 0) is 39.3 Å². The topological polar surface area (TPSA) is 161 Å². The summed E-state index contributed by atoms with van der Waals surface area (Å²) in [7, 11) is -14.4. The van der Waals surface area contributed by atoms with Crippen molar-refractivity contribution in [2.45, 2.75) is 75.1 Å². The lowest BCUT2D eigenvalue weighted by Crippen LogP contribution is -2.66. The molecular formula is C18H24F8O10S2. The molecule has 0 spiro atoms. The van der Waals surface area contributed by atoms with Crippen LogP contribution in [0.2, 0.25) is 0 Å². The van der Waals surface area contributed by atoms with Gasteiger partial charge in [0.05, 0.1) is 35.9 Å². The lowest BCUT2D eigenvalue weighted by atomic mass is 9.61. The molecule has 0 aromatic carbocycles. The van der Waals surface area contributed by atoms with Crippen molar-refractivity contribution in [2.75, 3.05) is 0 Å². The Balaban J connectivity index is 4.18. The smallest absolute Gasteiger partial charge is 0.431 e. The van der Waals surface area contributed by atoms with Gasteiger partial charge in [0, 0.05) is 0 Å². The van der Waals surface area contributed by atoms with Gasteiger partial charge in [-0.05, 0) is 40.5 Å². The monoisotopic (exact) mass is 616 g/mol. The number of carbonyl (C=O) groups excluding carboxylic acids is 2. The second-order valence-electron chi connectivity index (χ2n) is 9.04. The normalized spacial score (nSPS) is 24.4. The second kappa shape index (κ2) is 10.6. The SMILES string of the molecule is CC(C)OC(=O)C1CCC(C(=O)OC(C)C)C(C(F)(F)C(F)(F)S(=O)(=O)O)C1C(F)(F)C(F)(F)S(=O)(=O)O. The summed E-state index contributed by atoms with van der Waals surface area (Å²) < 4.78 is 189. The van der Waals surface area contributed by atoms with Gasteiger partial charge in [-0.2, -0.15) is 52.0 Å². The molecule has 1 aliphatic rings. The molecule has 224 valence electrons. The first kappa shape index (κ1) is 34.2. The van der Waals surface area contributed by atoms with Gasteiger partial charge < -0.3 is 9.47 Å². The summed E-state index contributed by atoms with van der Waals surface area (Å²) in [5.74, 6) is -31.7. The quantitative estimate of drug-likeness (QED) is 0.212. The molecule has 2 N–H and O–H groups in total. The molecule has 0 amide bonds. The lowest BCUT2D eigenvalue weighted by Gasteiger charge is -2.48. The Bertz CT molecular complexity index is 1030. The Kier molecular flexibility index (Phi) is 9.59. The van der Waals surface area contributed by atoms with E-state index in [0.717, 1.165) is 27.7 Å². The van der Waals surface area contributed by atoms with Crippen LogP contribution in [0.5, 0.6) is 0 Å². The van der Waals surface area contributed by atoms with E-state index in [1.54, 1.807) is 0 Å². The molecule has 0 aliphatic heterocycles. The van der Waals surface area contributed by atoms with Gasteiger partial charge in [0.1, 0.15) is 0 Å². The Morgan fingerprint density at radius 1 is 0.658 bits per heavy atom. The predicted octanol–water partition coefficient (Wildman–Crippen LogP) is 3.38. The molecule has 0 aromatic rings. The number of alkyl halides is 8. The summed E-state index contributed by atoms with van der Waals surface area (Å²) in [4.78, 5) is 25.0. The number of hydrogen-bond acceptors (Lipinski definition) is 8. The van der Waals surface area contributed by atoms with Crippen LogP contribution in [-0.4, -0.2) is 72.4 Å². The van der Waals surface area contributed by atoms with Gasteiger partial charge in [0.15, 0.2) is 0 Å². The van der Waals surface area contributed by atoms with E-state index in [4.69, 9.17) is 9.11 Å². The highest BCUT2D eigenvalue weighted by atomic mass is 32.2. The van der Waals surface area contributed by atoms with E-state index >= 15 is 17.6 Å². The van der Waals surface area contributed by atoms with Crippen molar-refractivity contribution in [1.29, 1.82) is 0 Å². The summed E-state index contributed by atoms with van der Waals surface area (Å²) in [6.45, 7) is 4.29. The molecule has 0 bridgehead atoms. The summed E-state index contributed by atoms with van der Waals surface area (Å²) in [6.07, 6.45) is -4.98. The summed E-state index contributed by atoms with van der Waals surface area (Å²) in [5, 5.41) is -13.5. The van der Waals surface area contributed by atoms with Crippen LogP contribution in [0.25, 0.3) is 0 Å². The van der Waals surface area contributed by atoms with Crippen molar-refractivity contribution >= 4 is 32.2 Å². The maximum atomic E-state index is 15.3. The molecule has 1 rings (SSSR count). The lowest BCUT2D eigenvalue weighted by molar-refractivity contribution is -0.284. The van der Waals surface area contributed by atoms with Crippen LogP contribution in [0, 0.1) is 23.7 Å². The fourth-order valence-electron chi connectivity index (χ4n) is 4.08. The number of esters is 2. The van der Waals surface area contributed by atoms with Gasteiger partial charge in [0.2, 0.25) is 0 Å². The third kappa shape index (κ3) is 6.01. The number of carbonyl (C=O) groups is 2. The highest BCUT2D eigenvalue weighted by Gasteiger charge is 2.80. The predicted molar refractivity (Wildman–Crippen MR) is 109 cm³/mol. The van der Waals surface area contributed by atoms with Crippen molar-refractivity contribution in [3.8, 4) is 0 Å². The molecule has 0 saturated heterocycles. The molecule has 0 aromatic heterocycles. The zero-order valence-corrected chi connectivity index (χ0v) is 21.5. The van der Waals surface area contributed by atoms with E-state index in [2.05, 4.69) is 9.47 Å². The van der Waals surface area contributed by atoms with Gasteiger partial charge in [-0.3, -0.25) is 18.7 Å². The zero-order chi connectivity index (χ0) is 30.4. The van der Waals surface area contributed by atoms with E-state index in [1.807, 2.05) is 0 Å². The molecule has 38 heavy (non-hydrogen) atoms. The molecule has 10 nitrogen and oxygen atoms in total. The highest BCUT2D eigenvalue weighted by Crippen LogP contribution is 2.60. The molecule has 20 heteroatoms. The number of rotatable bonds is 10. The summed E-state index contributed by atoms with van der Waals surface area (Å²) in [6, 6.07) is 0. The highest BCUT2D eigenvalue weighted by molar-refractivity contribution is 7.87. The molecule has 1 aliphatic carbocycles. The molecule has 0 radical (unpaired) electrons. The van der Waals surface area contributed by atoms with Crippen LogP contribution in [0.4, 0.5) is 35.1 Å². The van der Waals surface area contributed by atoms with E-state index in [9.17, 15) is 44.0 Å². The first-order valence-electron chi connectivity index (χ1n) is 10.5. The van der Waals surface area contributed by atoms with Gasteiger partial charge >= 0.3 is 54.5 Å². The van der Waals surface area contributed by atoms with E-state index in [0.29, 0.717) is 0 Å². The van der Waals surface area contributed by atoms with Crippen LogP contribution in [0.15, 0.2) is 0 Å². The maximum absolute atomic E-state index is 15.3. The molecule has 0 heterocycles. The average molecular weight is 616 g/mol. The van der Waals surface area contributed by atoms with Crippen molar-refractivity contribution in [3.05, 3.63) is 0 Å². The van der Waals surface area contributed by atoms with Crippen molar-refractivity contribution < 1.29 is 80.1 Å². The van der Waals surface area contributed by atoms with Gasteiger partial charge in [0.25, 0.3) is 0 Å². The maximum Gasteiger partial charge on any atom is 0.431 e. The van der Waals surface area contributed by atoms with Crippen LogP contribution >= 0.6 is 0 Å². The zero-order valence-electron chi connectivity index (χ0n) is 19.9. The van der Waals surface area contributed by atoms with E-state index in [-0.39, 0.29) is 0 Å². The van der Waals surface area contributed by atoms with Gasteiger partial charge in [-0.25, -0.2) is 0 Å². The van der Waals surface area contributed by atoms with Crippen LogP contribution in [0.1, 0.15) is 40.5 Å². The fraction of sp³-hybridized carbons (Fsp3) is 0.889. The molecule has 1 saturated carbocycles. The Hall–Kier alpha value is -1.80.